The van der Waals surface area contributed by atoms with Gasteiger partial charge in [-0.05, 0) is 43.7 Å². The number of para-hydroxylation sites is 1. The van der Waals surface area contributed by atoms with E-state index in [2.05, 4.69) is 46.0 Å². The van der Waals surface area contributed by atoms with E-state index in [-0.39, 0.29) is 4.90 Å². The molecular formula is C25H30N4O2S. The van der Waals surface area contributed by atoms with Gasteiger partial charge in [0.05, 0.1) is 5.69 Å². The first kappa shape index (κ1) is 22.3. The number of piperazine rings is 1. The highest BCUT2D eigenvalue weighted by Crippen LogP contribution is 2.24. The summed E-state index contributed by atoms with van der Waals surface area (Å²) in [5.41, 5.74) is 3.28. The summed E-state index contributed by atoms with van der Waals surface area (Å²) in [5, 5.41) is 0. The Morgan fingerprint density at radius 2 is 1.69 bits per heavy atom. The van der Waals surface area contributed by atoms with Crippen molar-refractivity contribution in [3.8, 4) is 0 Å². The van der Waals surface area contributed by atoms with Crippen LogP contribution in [0.4, 0.5) is 11.5 Å². The van der Waals surface area contributed by atoms with E-state index < -0.39 is 10.0 Å². The fourth-order valence-corrected chi connectivity index (χ4v) is 5.55. The van der Waals surface area contributed by atoms with Crippen LogP contribution in [-0.2, 0) is 16.6 Å². The minimum absolute atomic E-state index is 0.213. The molecule has 4 rings (SSSR count). The van der Waals surface area contributed by atoms with Crippen LogP contribution in [0.3, 0.4) is 0 Å². The largest absolute Gasteiger partial charge is 0.354 e. The van der Waals surface area contributed by atoms with Crippen LogP contribution in [0.25, 0.3) is 0 Å². The van der Waals surface area contributed by atoms with E-state index in [0.717, 1.165) is 38.5 Å². The summed E-state index contributed by atoms with van der Waals surface area (Å²) in [7, 11) is -3.65. The summed E-state index contributed by atoms with van der Waals surface area (Å²) in [5.74, 6) is 0.821. The molecule has 0 aliphatic carbocycles. The lowest BCUT2D eigenvalue weighted by molar-refractivity contribution is 0.249. The molecule has 3 aromatic rings. The topological polar surface area (TPSA) is 56.8 Å². The van der Waals surface area contributed by atoms with Crippen molar-refractivity contribution in [2.75, 3.05) is 41.9 Å². The smallest absolute Gasteiger partial charge is 0.265 e. The highest BCUT2D eigenvalue weighted by atomic mass is 32.2. The molecule has 32 heavy (non-hydrogen) atoms. The fraction of sp³-hybridized carbons (Fsp3) is 0.320. The number of hydrogen-bond acceptors (Lipinski definition) is 5. The minimum Gasteiger partial charge on any atom is -0.354 e. The lowest BCUT2D eigenvalue weighted by atomic mass is 10.1. The summed E-state index contributed by atoms with van der Waals surface area (Å²) >= 11 is 0. The highest BCUT2D eigenvalue weighted by Gasteiger charge is 2.25. The summed E-state index contributed by atoms with van der Waals surface area (Å²) < 4.78 is 27.7. The molecule has 6 nitrogen and oxygen atoms in total. The van der Waals surface area contributed by atoms with Gasteiger partial charge >= 0.3 is 0 Å². The molecule has 0 N–H and O–H groups in total. The summed E-state index contributed by atoms with van der Waals surface area (Å²) in [6.07, 6.45) is 1.48. The van der Waals surface area contributed by atoms with Gasteiger partial charge in [0.25, 0.3) is 10.0 Å². The van der Waals surface area contributed by atoms with Crippen LogP contribution in [0.15, 0.2) is 77.8 Å². The average Bonchev–Trinajstić information content (AvgIpc) is 2.81. The Morgan fingerprint density at radius 1 is 0.938 bits per heavy atom. The van der Waals surface area contributed by atoms with E-state index >= 15 is 0 Å². The van der Waals surface area contributed by atoms with Gasteiger partial charge in [-0.15, -0.1) is 0 Å². The Morgan fingerprint density at radius 3 is 2.31 bits per heavy atom. The molecular weight excluding hydrogens is 420 g/mol. The van der Waals surface area contributed by atoms with E-state index in [1.165, 1.54) is 21.6 Å². The van der Waals surface area contributed by atoms with E-state index in [1.54, 1.807) is 18.2 Å². The molecule has 0 radical (unpaired) electrons. The Kier molecular flexibility index (Phi) is 6.77. The van der Waals surface area contributed by atoms with Crippen molar-refractivity contribution < 1.29 is 8.42 Å². The Balaban J connectivity index is 1.41. The molecule has 0 saturated carbocycles. The number of sulfonamides is 1. The van der Waals surface area contributed by atoms with Gasteiger partial charge in [-0.3, -0.25) is 9.21 Å². The molecule has 168 valence electrons. The molecule has 1 fully saturated rings. The monoisotopic (exact) mass is 450 g/mol. The van der Waals surface area contributed by atoms with Crippen molar-refractivity contribution >= 4 is 21.5 Å². The zero-order valence-electron chi connectivity index (χ0n) is 18.7. The third kappa shape index (κ3) is 4.95. The number of aromatic nitrogens is 1. The van der Waals surface area contributed by atoms with E-state index in [9.17, 15) is 8.42 Å². The molecule has 0 atom stereocenters. The molecule has 0 amide bonds. The molecule has 1 aliphatic rings. The lowest BCUT2D eigenvalue weighted by Crippen LogP contribution is -2.46. The molecule has 1 aromatic heterocycles. The third-order valence-electron chi connectivity index (χ3n) is 5.83. The highest BCUT2D eigenvalue weighted by molar-refractivity contribution is 7.92. The molecule has 2 heterocycles. The Labute approximate surface area is 191 Å². The van der Waals surface area contributed by atoms with Gasteiger partial charge in [0.2, 0.25) is 0 Å². The normalized spacial score (nSPS) is 15.0. The van der Waals surface area contributed by atoms with Gasteiger partial charge in [-0.1, -0.05) is 48.0 Å². The first-order chi connectivity index (χ1) is 15.5. The second-order valence-corrected chi connectivity index (χ2v) is 9.97. The van der Waals surface area contributed by atoms with Crippen molar-refractivity contribution in [1.29, 1.82) is 0 Å². The molecule has 1 saturated heterocycles. The Hall–Kier alpha value is -2.90. The molecule has 0 spiro atoms. The van der Waals surface area contributed by atoms with Crippen LogP contribution in [0.1, 0.15) is 18.1 Å². The van der Waals surface area contributed by atoms with Crippen molar-refractivity contribution in [2.24, 2.45) is 0 Å². The van der Waals surface area contributed by atoms with Crippen LogP contribution in [0.2, 0.25) is 0 Å². The van der Waals surface area contributed by atoms with Crippen LogP contribution in [0, 0.1) is 6.92 Å². The predicted octanol–water partition coefficient (Wildman–Crippen LogP) is 3.93. The number of benzene rings is 2. The second-order valence-electron chi connectivity index (χ2n) is 8.11. The van der Waals surface area contributed by atoms with Crippen LogP contribution >= 0.6 is 0 Å². The maximum Gasteiger partial charge on any atom is 0.265 e. The second kappa shape index (κ2) is 9.71. The summed E-state index contributed by atoms with van der Waals surface area (Å²) in [6.45, 7) is 8.91. The van der Waals surface area contributed by atoms with E-state index in [4.69, 9.17) is 0 Å². The first-order valence-corrected chi connectivity index (χ1v) is 12.5. The van der Waals surface area contributed by atoms with Crippen molar-refractivity contribution in [1.82, 2.24) is 9.88 Å². The zero-order valence-corrected chi connectivity index (χ0v) is 19.5. The lowest BCUT2D eigenvalue weighted by Gasteiger charge is -2.35. The molecule has 0 bridgehead atoms. The third-order valence-corrected chi connectivity index (χ3v) is 7.71. The number of rotatable bonds is 7. The van der Waals surface area contributed by atoms with Crippen LogP contribution in [-0.4, -0.2) is 51.0 Å². The number of hydrogen-bond donors (Lipinski definition) is 0. The van der Waals surface area contributed by atoms with Crippen molar-refractivity contribution in [3.05, 3.63) is 84.1 Å². The van der Waals surface area contributed by atoms with Gasteiger partial charge in [0.1, 0.15) is 10.7 Å². The number of anilines is 2. The predicted molar refractivity (Wildman–Crippen MR) is 130 cm³/mol. The molecule has 2 aromatic carbocycles. The molecule has 0 unspecified atom stereocenters. The summed E-state index contributed by atoms with van der Waals surface area (Å²) in [4.78, 5) is 9.38. The van der Waals surface area contributed by atoms with Crippen LogP contribution in [0.5, 0.6) is 0 Å². The quantitative estimate of drug-likeness (QED) is 0.546. The van der Waals surface area contributed by atoms with Crippen molar-refractivity contribution in [3.63, 3.8) is 0 Å². The van der Waals surface area contributed by atoms with Gasteiger partial charge in [0, 0.05) is 45.5 Å². The number of pyridine rings is 1. The van der Waals surface area contributed by atoms with Gasteiger partial charge in [0.15, 0.2) is 0 Å². The maximum absolute atomic E-state index is 13.2. The number of nitrogens with zero attached hydrogens (tertiary/aromatic N) is 4. The van der Waals surface area contributed by atoms with Gasteiger partial charge in [-0.2, -0.15) is 0 Å². The fourth-order valence-electron chi connectivity index (χ4n) is 4.13. The average molecular weight is 451 g/mol. The number of aryl methyl sites for hydroxylation is 1. The van der Waals surface area contributed by atoms with Gasteiger partial charge in [-0.25, -0.2) is 13.4 Å². The van der Waals surface area contributed by atoms with Gasteiger partial charge < -0.3 is 4.90 Å². The minimum atomic E-state index is -3.65. The zero-order chi connectivity index (χ0) is 22.6. The Bertz CT molecular complexity index is 1130. The van der Waals surface area contributed by atoms with E-state index in [0.29, 0.717) is 12.2 Å². The SMILES string of the molecule is CCN(c1ccccc1)S(=O)(=O)c1ccc(N2CCN(Cc3cccc(C)c3)CC2)nc1. The van der Waals surface area contributed by atoms with Crippen LogP contribution < -0.4 is 9.21 Å². The molecule has 7 heteroatoms. The van der Waals surface area contributed by atoms with E-state index in [1.807, 2.05) is 31.2 Å². The maximum atomic E-state index is 13.2. The summed E-state index contributed by atoms with van der Waals surface area (Å²) in [6, 6.07) is 21.3. The molecule has 1 aliphatic heterocycles. The van der Waals surface area contributed by atoms with Crippen molar-refractivity contribution in [2.45, 2.75) is 25.3 Å². The standard InChI is InChI=1S/C25H30N4O2S/c1-3-29(23-10-5-4-6-11-23)32(30,31)24-12-13-25(26-19-24)28-16-14-27(15-17-28)20-22-9-7-8-21(2)18-22/h4-13,18-19H,3,14-17,20H2,1-2H3. The first-order valence-electron chi connectivity index (χ1n) is 11.0.